The van der Waals surface area contributed by atoms with E-state index in [1.165, 1.54) is 57.8 Å². The summed E-state index contributed by atoms with van der Waals surface area (Å²) in [4.78, 5) is 2.34. The number of nitrogens with one attached hydrogen (secondary N) is 1. The van der Waals surface area contributed by atoms with E-state index in [-0.39, 0.29) is 12.3 Å². The largest absolute Gasteiger partial charge is 0.377 e. The van der Waals surface area contributed by atoms with Crippen molar-refractivity contribution < 1.29 is 5.11 Å². The number of rotatable bonds is 7. The maximum atomic E-state index is 11.4. The first-order chi connectivity index (χ1) is 14.9. The normalized spacial score (nSPS) is 29.7. The molecule has 1 unspecified atom stereocenters. The summed E-state index contributed by atoms with van der Waals surface area (Å²) in [6, 6.07) is 0.594. The second-order valence-electron chi connectivity index (χ2n) is 11.2. The smallest absolute Gasteiger partial charge is 0.123 e. The number of allylic oxidation sites excluding steroid dienone is 4. The van der Waals surface area contributed by atoms with Gasteiger partial charge in [0.05, 0.1) is 0 Å². The number of aliphatic hydroxyl groups is 1. The molecule has 31 heavy (non-hydrogen) atoms. The van der Waals surface area contributed by atoms with Gasteiger partial charge in [-0.05, 0) is 95.3 Å². The maximum absolute atomic E-state index is 11.4. The van der Waals surface area contributed by atoms with Crippen LogP contribution >= 0.6 is 11.6 Å². The molecule has 4 heteroatoms. The molecule has 1 fully saturated rings. The predicted molar refractivity (Wildman–Crippen MR) is 131 cm³/mol. The second kappa shape index (κ2) is 10.7. The van der Waals surface area contributed by atoms with E-state index >= 15 is 0 Å². The Morgan fingerprint density at radius 3 is 2.19 bits per heavy atom. The van der Waals surface area contributed by atoms with Gasteiger partial charge in [-0.3, -0.25) is 4.90 Å². The minimum atomic E-state index is -0.389. The lowest BCUT2D eigenvalue weighted by Gasteiger charge is -2.42. The summed E-state index contributed by atoms with van der Waals surface area (Å²) in [5.41, 5.74) is 5.17. The third kappa shape index (κ3) is 5.78. The Morgan fingerprint density at radius 1 is 1.00 bits per heavy atom. The van der Waals surface area contributed by atoms with Crippen LogP contribution in [0.15, 0.2) is 22.8 Å². The van der Waals surface area contributed by atoms with Crippen molar-refractivity contribution in [3.63, 3.8) is 0 Å². The third-order valence-corrected chi connectivity index (χ3v) is 9.13. The highest BCUT2D eigenvalue weighted by Gasteiger charge is 2.35. The number of piperidine rings is 1. The molecule has 1 aliphatic heterocycles. The molecule has 0 aromatic rings. The van der Waals surface area contributed by atoms with Crippen molar-refractivity contribution in [2.75, 3.05) is 13.1 Å². The number of hydrogen-bond acceptors (Lipinski definition) is 3. The predicted octanol–water partition coefficient (Wildman–Crippen LogP) is 6.02. The fraction of sp³-hybridized carbons (Fsp3) is 0.852. The summed E-state index contributed by atoms with van der Waals surface area (Å²) in [5.74, 6) is 1.83. The van der Waals surface area contributed by atoms with Gasteiger partial charge in [0, 0.05) is 30.6 Å². The zero-order chi connectivity index (χ0) is 22.0. The van der Waals surface area contributed by atoms with Gasteiger partial charge in [0.25, 0.3) is 0 Å². The van der Waals surface area contributed by atoms with E-state index in [2.05, 4.69) is 37.1 Å². The van der Waals surface area contributed by atoms with E-state index in [9.17, 15) is 5.11 Å². The molecule has 0 bridgehead atoms. The lowest BCUT2D eigenvalue weighted by Crippen LogP contribution is -2.57. The van der Waals surface area contributed by atoms with Crippen molar-refractivity contribution in [3.8, 4) is 0 Å². The Hall–Kier alpha value is -0.350. The van der Waals surface area contributed by atoms with Gasteiger partial charge < -0.3 is 10.4 Å². The van der Waals surface area contributed by atoms with E-state index in [0.717, 1.165) is 25.9 Å². The summed E-state index contributed by atoms with van der Waals surface area (Å²) in [6.07, 6.45) is 15.7. The minimum Gasteiger partial charge on any atom is -0.377 e. The van der Waals surface area contributed by atoms with Crippen molar-refractivity contribution in [1.29, 1.82) is 0 Å². The molecular weight excluding hydrogens is 404 g/mol. The van der Waals surface area contributed by atoms with Crippen LogP contribution in [-0.2, 0) is 0 Å². The van der Waals surface area contributed by atoms with Crippen molar-refractivity contribution in [2.45, 2.75) is 115 Å². The Kier molecular flexibility index (Phi) is 8.23. The number of hydrogen-bond donors (Lipinski definition) is 2. The number of aliphatic hydroxyl groups excluding tert-OH is 1. The number of likely N-dealkylation sites (tertiary alicyclic amines) is 1. The van der Waals surface area contributed by atoms with E-state index < -0.39 is 0 Å². The summed E-state index contributed by atoms with van der Waals surface area (Å²) in [5, 5.41) is 15.6. The summed E-state index contributed by atoms with van der Waals surface area (Å²) in [7, 11) is 0. The van der Waals surface area contributed by atoms with E-state index in [1.807, 2.05) is 0 Å². The Morgan fingerprint density at radius 2 is 1.65 bits per heavy atom. The average Bonchev–Trinajstić information content (AvgIpc) is 3.22. The van der Waals surface area contributed by atoms with Crippen molar-refractivity contribution in [3.05, 3.63) is 22.8 Å². The summed E-state index contributed by atoms with van der Waals surface area (Å²) >= 11 is 6.28. The summed E-state index contributed by atoms with van der Waals surface area (Å²) < 4.78 is 0. The van der Waals surface area contributed by atoms with Crippen LogP contribution < -0.4 is 5.32 Å². The number of halogens is 1. The lowest BCUT2D eigenvalue weighted by molar-refractivity contribution is -0.0529. The summed E-state index contributed by atoms with van der Waals surface area (Å²) in [6.45, 7) is 8.89. The van der Waals surface area contributed by atoms with Crippen LogP contribution in [0, 0.1) is 17.8 Å². The Bertz CT molecular complexity index is 646. The third-order valence-electron chi connectivity index (χ3n) is 8.74. The Labute approximate surface area is 195 Å². The highest BCUT2D eigenvalue weighted by atomic mass is 35.5. The van der Waals surface area contributed by atoms with Crippen molar-refractivity contribution in [2.24, 2.45) is 17.8 Å². The molecular formula is C27H45ClN2O. The van der Waals surface area contributed by atoms with Gasteiger partial charge in [-0.1, -0.05) is 36.6 Å². The lowest BCUT2D eigenvalue weighted by atomic mass is 9.83. The van der Waals surface area contributed by atoms with Crippen LogP contribution in [0.4, 0.5) is 0 Å². The van der Waals surface area contributed by atoms with Gasteiger partial charge in [0.2, 0.25) is 0 Å². The van der Waals surface area contributed by atoms with E-state index in [4.69, 9.17) is 11.6 Å². The van der Waals surface area contributed by atoms with E-state index in [1.54, 1.807) is 16.7 Å². The van der Waals surface area contributed by atoms with Crippen LogP contribution in [-0.4, -0.2) is 46.8 Å². The van der Waals surface area contributed by atoms with Gasteiger partial charge in [-0.15, -0.1) is 11.6 Å². The zero-order valence-electron chi connectivity index (χ0n) is 20.1. The first-order valence-electron chi connectivity index (χ1n) is 13.1. The van der Waals surface area contributed by atoms with E-state index in [0.29, 0.717) is 29.2 Å². The van der Waals surface area contributed by atoms with Crippen molar-refractivity contribution in [1.82, 2.24) is 10.2 Å². The quantitative estimate of drug-likeness (QED) is 0.369. The standard InChI is InChI=1S/C27H45ClN2O/c1-18(2)26(29-19(3)24-16-22-6-4-5-7-23(22)17-24)27(31)30-14-12-21(13-15-30)20-8-10-25(28)11-9-20/h8,18-19,21,24-27,29,31H,4-7,9-17H2,1-3H3/t19?,25-,26-,27+/m1/s1. The minimum absolute atomic E-state index is 0.134. The molecule has 0 spiro atoms. The molecule has 4 rings (SSSR count). The second-order valence-corrected chi connectivity index (χ2v) is 11.8. The molecule has 1 heterocycles. The van der Waals surface area contributed by atoms with Crippen LogP contribution in [0.25, 0.3) is 0 Å². The molecule has 4 aliphatic rings. The Balaban J connectivity index is 1.29. The molecule has 0 saturated carbocycles. The van der Waals surface area contributed by atoms with Crippen LogP contribution in [0.3, 0.4) is 0 Å². The first-order valence-corrected chi connectivity index (χ1v) is 13.6. The topological polar surface area (TPSA) is 35.5 Å². The molecule has 1 saturated heterocycles. The molecule has 2 N–H and O–H groups in total. The molecule has 4 atom stereocenters. The number of nitrogens with zero attached hydrogens (tertiary/aromatic N) is 1. The highest BCUT2D eigenvalue weighted by molar-refractivity contribution is 6.20. The van der Waals surface area contributed by atoms with Crippen LogP contribution in [0.5, 0.6) is 0 Å². The fourth-order valence-corrected chi connectivity index (χ4v) is 6.80. The van der Waals surface area contributed by atoms with Gasteiger partial charge in [0.1, 0.15) is 6.23 Å². The molecule has 3 aliphatic carbocycles. The molecule has 0 amide bonds. The van der Waals surface area contributed by atoms with Gasteiger partial charge in [0.15, 0.2) is 0 Å². The van der Waals surface area contributed by atoms with Gasteiger partial charge in [-0.25, -0.2) is 0 Å². The average molecular weight is 449 g/mol. The maximum Gasteiger partial charge on any atom is 0.123 e. The molecule has 176 valence electrons. The fourth-order valence-electron chi connectivity index (χ4n) is 6.60. The van der Waals surface area contributed by atoms with Gasteiger partial charge in [-0.2, -0.15) is 0 Å². The van der Waals surface area contributed by atoms with Crippen LogP contribution in [0.1, 0.15) is 91.4 Å². The highest BCUT2D eigenvalue weighted by Crippen LogP contribution is 2.42. The molecule has 0 radical (unpaired) electrons. The number of alkyl halides is 1. The monoisotopic (exact) mass is 448 g/mol. The molecule has 0 aromatic carbocycles. The van der Waals surface area contributed by atoms with Gasteiger partial charge >= 0.3 is 0 Å². The first kappa shape index (κ1) is 23.8. The van der Waals surface area contributed by atoms with Crippen molar-refractivity contribution >= 4 is 11.6 Å². The SMILES string of the molecule is CC(N[C@H](C(C)C)[C@H](O)N1CCC(C2=CC[C@@H](Cl)CC2)CC1)C1CC2=C(CCCC2)C1. The van der Waals surface area contributed by atoms with Crippen LogP contribution in [0.2, 0.25) is 0 Å². The molecule has 0 aromatic heterocycles. The molecule has 3 nitrogen and oxygen atoms in total. The zero-order valence-corrected chi connectivity index (χ0v) is 20.8.